The van der Waals surface area contributed by atoms with Crippen LogP contribution in [0.4, 0.5) is 4.39 Å². The summed E-state index contributed by atoms with van der Waals surface area (Å²) in [6, 6.07) is 2.98. The summed E-state index contributed by atoms with van der Waals surface area (Å²) >= 11 is 3.14. The monoisotopic (exact) mass is 316 g/mol. The molecular formula is C14H18BrFO2. The normalized spacial score (nSPS) is 16.6. The Labute approximate surface area is 116 Å². The molecule has 0 radical (unpaired) electrons. The maximum atomic E-state index is 13.5. The number of hydrogen-bond acceptors (Lipinski definition) is 2. The van der Waals surface area contributed by atoms with Gasteiger partial charge in [-0.15, -0.1) is 0 Å². The van der Waals surface area contributed by atoms with Crippen molar-refractivity contribution in [2.45, 2.75) is 32.1 Å². The average molecular weight is 317 g/mol. The number of benzene rings is 1. The highest BCUT2D eigenvalue weighted by atomic mass is 79.9. The lowest BCUT2D eigenvalue weighted by atomic mass is 9.90. The maximum Gasteiger partial charge on any atom is 0.164 e. The third-order valence-electron chi connectivity index (χ3n) is 3.41. The molecule has 1 saturated carbocycles. The van der Waals surface area contributed by atoms with Gasteiger partial charge in [-0.2, -0.15) is 0 Å². The zero-order valence-corrected chi connectivity index (χ0v) is 12.1. The zero-order chi connectivity index (χ0) is 13.0. The van der Waals surface area contributed by atoms with E-state index in [0.29, 0.717) is 28.5 Å². The summed E-state index contributed by atoms with van der Waals surface area (Å²) in [6.45, 7) is 0.650. The number of ether oxygens (including phenoxy) is 2. The quantitative estimate of drug-likeness (QED) is 0.811. The Morgan fingerprint density at radius 3 is 2.61 bits per heavy atom. The van der Waals surface area contributed by atoms with E-state index < -0.39 is 0 Å². The van der Waals surface area contributed by atoms with Crippen LogP contribution in [0.25, 0.3) is 0 Å². The van der Waals surface area contributed by atoms with Crippen molar-refractivity contribution >= 4 is 15.9 Å². The van der Waals surface area contributed by atoms with E-state index in [9.17, 15) is 4.39 Å². The number of halogens is 2. The molecule has 1 aliphatic carbocycles. The highest BCUT2D eigenvalue weighted by molar-refractivity contribution is 9.10. The second kappa shape index (κ2) is 6.41. The summed E-state index contributed by atoms with van der Waals surface area (Å²) < 4.78 is 24.8. The fraction of sp³-hybridized carbons (Fsp3) is 0.571. The minimum atomic E-state index is -0.325. The van der Waals surface area contributed by atoms with Gasteiger partial charge in [-0.1, -0.05) is 19.3 Å². The molecule has 2 nitrogen and oxygen atoms in total. The van der Waals surface area contributed by atoms with Crippen molar-refractivity contribution in [2.75, 3.05) is 13.7 Å². The molecule has 0 aromatic heterocycles. The fourth-order valence-corrected chi connectivity index (χ4v) is 2.67. The molecule has 1 aromatic carbocycles. The molecule has 100 valence electrons. The molecule has 1 fully saturated rings. The summed E-state index contributed by atoms with van der Waals surface area (Å²) in [7, 11) is 1.56. The Morgan fingerprint density at radius 1 is 1.22 bits per heavy atom. The molecule has 0 heterocycles. The van der Waals surface area contributed by atoms with Crippen LogP contribution in [0, 0.1) is 11.7 Å². The van der Waals surface area contributed by atoms with Crippen molar-refractivity contribution in [3.05, 3.63) is 22.4 Å². The summed E-state index contributed by atoms with van der Waals surface area (Å²) in [5, 5.41) is 0. The van der Waals surface area contributed by atoms with E-state index in [1.54, 1.807) is 13.2 Å². The minimum Gasteiger partial charge on any atom is -0.493 e. The Hall–Kier alpha value is -0.770. The first-order valence-corrected chi connectivity index (χ1v) is 7.16. The average Bonchev–Trinajstić information content (AvgIpc) is 2.41. The van der Waals surface area contributed by atoms with Crippen LogP contribution in [0.1, 0.15) is 32.1 Å². The van der Waals surface area contributed by atoms with Gasteiger partial charge in [0.1, 0.15) is 5.82 Å². The molecule has 0 atom stereocenters. The van der Waals surface area contributed by atoms with E-state index in [4.69, 9.17) is 9.47 Å². The van der Waals surface area contributed by atoms with Crippen molar-refractivity contribution in [3.63, 3.8) is 0 Å². The number of methoxy groups -OCH3 is 1. The van der Waals surface area contributed by atoms with Crippen LogP contribution in [0.5, 0.6) is 11.5 Å². The standard InChI is InChI=1S/C14H18BrFO2/c1-17-13-7-11(15)12(16)8-14(13)18-9-10-5-3-2-4-6-10/h7-8,10H,2-6,9H2,1H3. The van der Waals surface area contributed by atoms with Gasteiger partial charge in [-0.25, -0.2) is 4.39 Å². The van der Waals surface area contributed by atoms with Gasteiger partial charge in [0.25, 0.3) is 0 Å². The maximum absolute atomic E-state index is 13.5. The van der Waals surface area contributed by atoms with Crippen molar-refractivity contribution in [1.82, 2.24) is 0 Å². The molecule has 1 aromatic rings. The lowest BCUT2D eigenvalue weighted by Gasteiger charge is -2.22. The molecule has 0 unspecified atom stereocenters. The van der Waals surface area contributed by atoms with Crippen LogP contribution < -0.4 is 9.47 Å². The van der Waals surface area contributed by atoms with Crippen LogP contribution >= 0.6 is 15.9 Å². The predicted molar refractivity (Wildman–Crippen MR) is 72.7 cm³/mol. The summed E-state index contributed by atoms with van der Waals surface area (Å²) in [5.74, 6) is 1.33. The molecular weight excluding hydrogens is 299 g/mol. The molecule has 1 aliphatic rings. The van der Waals surface area contributed by atoms with Gasteiger partial charge in [0.15, 0.2) is 11.5 Å². The van der Waals surface area contributed by atoms with E-state index in [-0.39, 0.29) is 5.82 Å². The van der Waals surface area contributed by atoms with Gasteiger partial charge in [0.2, 0.25) is 0 Å². The summed E-state index contributed by atoms with van der Waals surface area (Å²) in [5.41, 5.74) is 0. The first kappa shape index (κ1) is 13.7. The molecule has 2 rings (SSSR count). The second-order valence-electron chi connectivity index (χ2n) is 4.73. The first-order valence-electron chi connectivity index (χ1n) is 6.36. The van der Waals surface area contributed by atoms with Crippen LogP contribution in [-0.4, -0.2) is 13.7 Å². The lowest BCUT2D eigenvalue weighted by Crippen LogP contribution is -2.15. The highest BCUT2D eigenvalue weighted by Crippen LogP contribution is 2.33. The molecule has 0 aliphatic heterocycles. The predicted octanol–water partition coefficient (Wildman–Crippen LogP) is 4.56. The SMILES string of the molecule is COc1cc(Br)c(F)cc1OCC1CCCCC1. The van der Waals surface area contributed by atoms with Crippen molar-refractivity contribution in [1.29, 1.82) is 0 Å². The van der Waals surface area contributed by atoms with Gasteiger partial charge < -0.3 is 9.47 Å². The molecule has 18 heavy (non-hydrogen) atoms. The lowest BCUT2D eigenvalue weighted by molar-refractivity contribution is 0.201. The Kier molecular flexibility index (Phi) is 4.87. The third-order valence-corrected chi connectivity index (χ3v) is 4.01. The van der Waals surface area contributed by atoms with Gasteiger partial charge in [0, 0.05) is 12.1 Å². The van der Waals surface area contributed by atoms with Crippen molar-refractivity contribution in [3.8, 4) is 11.5 Å². The van der Waals surface area contributed by atoms with Crippen LogP contribution in [0.3, 0.4) is 0 Å². The Balaban J connectivity index is 2.01. The molecule has 0 bridgehead atoms. The zero-order valence-electron chi connectivity index (χ0n) is 10.5. The van der Waals surface area contributed by atoms with E-state index in [1.807, 2.05) is 0 Å². The Morgan fingerprint density at radius 2 is 1.94 bits per heavy atom. The minimum absolute atomic E-state index is 0.325. The van der Waals surface area contributed by atoms with Crippen LogP contribution in [0.15, 0.2) is 16.6 Å². The van der Waals surface area contributed by atoms with Gasteiger partial charge in [0.05, 0.1) is 18.2 Å². The molecule has 0 N–H and O–H groups in total. The van der Waals surface area contributed by atoms with E-state index in [1.165, 1.54) is 38.2 Å². The van der Waals surface area contributed by atoms with Gasteiger partial charge >= 0.3 is 0 Å². The Bertz CT molecular complexity index is 403. The number of rotatable bonds is 4. The topological polar surface area (TPSA) is 18.5 Å². The molecule has 0 spiro atoms. The van der Waals surface area contributed by atoms with Crippen LogP contribution in [0.2, 0.25) is 0 Å². The fourth-order valence-electron chi connectivity index (χ4n) is 2.34. The van der Waals surface area contributed by atoms with Crippen LogP contribution in [-0.2, 0) is 0 Å². The van der Waals surface area contributed by atoms with Crippen molar-refractivity contribution < 1.29 is 13.9 Å². The smallest absolute Gasteiger partial charge is 0.164 e. The second-order valence-corrected chi connectivity index (χ2v) is 5.59. The third kappa shape index (κ3) is 3.37. The van der Waals surface area contributed by atoms with E-state index in [2.05, 4.69) is 15.9 Å². The molecule has 0 saturated heterocycles. The first-order chi connectivity index (χ1) is 8.70. The highest BCUT2D eigenvalue weighted by Gasteiger charge is 2.16. The number of hydrogen-bond donors (Lipinski definition) is 0. The van der Waals surface area contributed by atoms with Gasteiger partial charge in [-0.05, 0) is 34.7 Å². The summed E-state index contributed by atoms with van der Waals surface area (Å²) in [6.07, 6.45) is 6.30. The largest absolute Gasteiger partial charge is 0.493 e. The van der Waals surface area contributed by atoms with E-state index in [0.717, 1.165) is 0 Å². The van der Waals surface area contributed by atoms with Crippen molar-refractivity contribution in [2.24, 2.45) is 5.92 Å². The molecule has 0 amide bonds. The van der Waals surface area contributed by atoms with E-state index >= 15 is 0 Å². The van der Waals surface area contributed by atoms with Gasteiger partial charge in [-0.3, -0.25) is 0 Å². The summed E-state index contributed by atoms with van der Waals surface area (Å²) in [4.78, 5) is 0. The molecule has 4 heteroatoms.